The molecule has 128 valence electrons. The van der Waals surface area contributed by atoms with Crippen LogP contribution in [0.1, 0.15) is 11.1 Å². The first-order chi connectivity index (χ1) is 12.1. The molecule has 0 spiro atoms. The molecule has 0 radical (unpaired) electrons. The normalized spacial score (nSPS) is 10.7. The Morgan fingerprint density at radius 2 is 1.68 bits per heavy atom. The lowest BCUT2D eigenvalue weighted by Crippen LogP contribution is -2.05. The number of halogens is 3. The third-order valence-corrected chi connectivity index (χ3v) is 4.48. The Morgan fingerprint density at radius 3 is 2.48 bits per heavy atom. The molecule has 1 heterocycles. The van der Waals surface area contributed by atoms with Crippen LogP contribution in [-0.2, 0) is 12.3 Å². The van der Waals surface area contributed by atoms with Crippen LogP contribution in [0.4, 0.5) is 19.0 Å². The fourth-order valence-electron chi connectivity index (χ4n) is 2.15. The third kappa shape index (κ3) is 4.51. The molecule has 0 bridgehead atoms. The molecule has 0 saturated heterocycles. The third-order valence-electron chi connectivity index (χ3n) is 3.43. The zero-order valence-corrected chi connectivity index (χ0v) is 13.9. The van der Waals surface area contributed by atoms with Crippen LogP contribution >= 0.6 is 11.8 Å². The quantitative estimate of drug-likeness (QED) is 0.640. The molecule has 0 unspecified atom stereocenters. The first kappa shape index (κ1) is 17.3. The smallest absolute Gasteiger partial charge is 0.159 e. The predicted molar refractivity (Wildman–Crippen MR) is 91.7 cm³/mol. The Balaban J connectivity index is 1.68. The van der Waals surface area contributed by atoms with Crippen molar-refractivity contribution in [3.05, 3.63) is 83.4 Å². The molecule has 0 atom stereocenters. The average Bonchev–Trinajstić information content (AvgIpc) is 2.63. The van der Waals surface area contributed by atoms with Gasteiger partial charge in [0.05, 0.1) is 0 Å². The summed E-state index contributed by atoms with van der Waals surface area (Å²) in [6.45, 7) is 0.268. The van der Waals surface area contributed by atoms with Crippen molar-refractivity contribution in [2.45, 2.75) is 17.3 Å². The van der Waals surface area contributed by atoms with Crippen molar-refractivity contribution in [2.75, 3.05) is 5.32 Å². The molecule has 7 heteroatoms. The molecule has 0 aliphatic heterocycles. The molecule has 3 nitrogen and oxygen atoms in total. The number of benzene rings is 2. The van der Waals surface area contributed by atoms with Gasteiger partial charge in [-0.15, -0.1) is 0 Å². The van der Waals surface area contributed by atoms with Crippen LogP contribution in [-0.4, -0.2) is 9.97 Å². The van der Waals surface area contributed by atoms with Crippen LogP contribution in [0.3, 0.4) is 0 Å². The molecular weight excluding hydrogens is 347 g/mol. The number of anilines is 1. The van der Waals surface area contributed by atoms with E-state index in [-0.39, 0.29) is 12.4 Å². The number of nitrogens with zero attached hydrogens (tertiary/aromatic N) is 2. The summed E-state index contributed by atoms with van der Waals surface area (Å²) in [5, 5.41) is 3.66. The molecule has 0 amide bonds. The minimum atomic E-state index is -0.879. The van der Waals surface area contributed by atoms with Crippen molar-refractivity contribution in [1.82, 2.24) is 9.97 Å². The Kier molecular flexibility index (Phi) is 5.55. The Labute approximate surface area is 147 Å². The van der Waals surface area contributed by atoms with Crippen molar-refractivity contribution in [1.29, 1.82) is 0 Å². The van der Waals surface area contributed by atoms with E-state index in [4.69, 9.17) is 0 Å². The fourth-order valence-corrected chi connectivity index (χ4v) is 3.03. The molecule has 25 heavy (non-hydrogen) atoms. The number of aromatic nitrogens is 2. The molecule has 0 fully saturated rings. The van der Waals surface area contributed by atoms with Crippen LogP contribution in [0.5, 0.6) is 0 Å². The van der Waals surface area contributed by atoms with Crippen LogP contribution in [0.15, 0.2) is 59.9 Å². The maximum atomic E-state index is 13.7. The van der Waals surface area contributed by atoms with Gasteiger partial charge in [0.1, 0.15) is 10.8 Å². The highest BCUT2D eigenvalue weighted by Gasteiger charge is 2.09. The average molecular weight is 361 g/mol. The summed E-state index contributed by atoms with van der Waals surface area (Å²) in [7, 11) is 0. The summed E-state index contributed by atoms with van der Waals surface area (Å²) in [6, 6.07) is 10.2. The van der Waals surface area contributed by atoms with Crippen LogP contribution in [0.25, 0.3) is 0 Å². The number of hydrogen-bond donors (Lipinski definition) is 1. The van der Waals surface area contributed by atoms with E-state index in [1.54, 1.807) is 24.4 Å². The number of rotatable bonds is 6. The summed E-state index contributed by atoms with van der Waals surface area (Å²) in [6.07, 6.45) is 3.08. The van der Waals surface area contributed by atoms with E-state index in [0.717, 1.165) is 12.1 Å². The van der Waals surface area contributed by atoms with Gasteiger partial charge in [-0.05, 0) is 23.8 Å². The van der Waals surface area contributed by atoms with E-state index in [2.05, 4.69) is 15.3 Å². The van der Waals surface area contributed by atoms with Gasteiger partial charge in [-0.3, -0.25) is 0 Å². The highest BCUT2D eigenvalue weighted by atomic mass is 32.2. The van der Waals surface area contributed by atoms with E-state index in [1.165, 1.54) is 30.1 Å². The Hall–Kier alpha value is -2.54. The van der Waals surface area contributed by atoms with Gasteiger partial charge in [-0.2, -0.15) is 0 Å². The summed E-state index contributed by atoms with van der Waals surface area (Å²) < 4.78 is 39.9. The monoisotopic (exact) mass is 361 g/mol. The standard InChI is InChI=1S/C18H14F3N3S/c19-14-4-2-1-3-13(14)10-24-17-18(23-8-7-22-17)25-11-12-5-6-15(20)16(21)9-12/h1-9H,10-11H2,(H,22,24). The second-order valence-electron chi connectivity index (χ2n) is 5.19. The predicted octanol–water partition coefficient (Wildman–Crippen LogP) is 4.80. The van der Waals surface area contributed by atoms with Gasteiger partial charge >= 0.3 is 0 Å². The number of thioether (sulfide) groups is 1. The fraction of sp³-hybridized carbons (Fsp3) is 0.111. The molecule has 0 saturated carbocycles. The summed E-state index contributed by atoms with van der Waals surface area (Å²) in [5.74, 6) is -1.13. The van der Waals surface area contributed by atoms with Crippen LogP contribution in [0.2, 0.25) is 0 Å². The largest absolute Gasteiger partial charge is 0.364 e. The van der Waals surface area contributed by atoms with Gasteiger partial charge in [-0.25, -0.2) is 23.1 Å². The lowest BCUT2D eigenvalue weighted by Gasteiger charge is -2.10. The number of nitrogens with one attached hydrogen (secondary N) is 1. The van der Waals surface area contributed by atoms with E-state index in [9.17, 15) is 13.2 Å². The summed E-state index contributed by atoms with van der Waals surface area (Å²) in [4.78, 5) is 8.46. The van der Waals surface area contributed by atoms with Crippen molar-refractivity contribution >= 4 is 17.6 Å². The van der Waals surface area contributed by atoms with E-state index < -0.39 is 11.6 Å². The van der Waals surface area contributed by atoms with E-state index in [0.29, 0.717) is 27.7 Å². The minimum absolute atomic E-state index is 0.268. The van der Waals surface area contributed by atoms with Gasteiger partial charge in [0.2, 0.25) is 0 Å². The minimum Gasteiger partial charge on any atom is -0.364 e. The molecule has 3 aromatic rings. The van der Waals surface area contributed by atoms with Gasteiger partial charge in [-0.1, -0.05) is 36.0 Å². The summed E-state index contributed by atoms with van der Waals surface area (Å²) >= 11 is 1.34. The first-order valence-corrected chi connectivity index (χ1v) is 8.47. The van der Waals surface area contributed by atoms with Crippen molar-refractivity contribution in [3.8, 4) is 0 Å². The van der Waals surface area contributed by atoms with E-state index >= 15 is 0 Å². The van der Waals surface area contributed by atoms with Crippen molar-refractivity contribution in [2.24, 2.45) is 0 Å². The molecular formula is C18H14F3N3S. The molecule has 3 rings (SSSR count). The first-order valence-electron chi connectivity index (χ1n) is 7.48. The van der Waals surface area contributed by atoms with Gasteiger partial charge in [0, 0.05) is 30.3 Å². The number of hydrogen-bond acceptors (Lipinski definition) is 4. The second-order valence-corrected chi connectivity index (χ2v) is 6.16. The highest BCUT2D eigenvalue weighted by Crippen LogP contribution is 2.27. The van der Waals surface area contributed by atoms with E-state index in [1.807, 2.05) is 0 Å². The van der Waals surface area contributed by atoms with Gasteiger partial charge in [0.25, 0.3) is 0 Å². The Morgan fingerprint density at radius 1 is 0.880 bits per heavy atom. The van der Waals surface area contributed by atoms with Gasteiger partial charge in [0.15, 0.2) is 17.5 Å². The molecule has 0 aliphatic rings. The zero-order chi connectivity index (χ0) is 17.6. The SMILES string of the molecule is Fc1ccc(CSc2nccnc2NCc2ccccc2F)cc1F. The van der Waals surface area contributed by atoms with Crippen molar-refractivity contribution < 1.29 is 13.2 Å². The topological polar surface area (TPSA) is 37.8 Å². The van der Waals surface area contributed by atoms with Gasteiger partial charge < -0.3 is 5.32 Å². The molecule has 1 N–H and O–H groups in total. The molecule has 2 aromatic carbocycles. The summed E-state index contributed by atoms with van der Waals surface area (Å²) in [5.41, 5.74) is 1.15. The lowest BCUT2D eigenvalue weighted by atomic mass is 10.2. The Bertz CT molecular complexity index is 874. The lowest BCUT2D eigenvalue weighted by molar-refractivity contribution is 0.507. The molecule has 0 aliphatic carbocycles. The van der Waals surface area contributed by atoms with Crippen LogP contribution in [0, 0.1) is 17.5 Å². The maximum absolute atomic E-state index is 13.7. The second kappa shape index (κ2) is 8.02. The maximum Gasteiger partial charge on any atom is 0.159 e. The highest BCUT2D eigenvalue weighted by molar-refractivity contribution is 7.98. The van der Waals surface area contributed by atoms with Crippen LogP contribution < -0.4 is 5.32 Å². The molecule has 1 aromatic heterocycles. The zero-order valence-electron chi connectivity index (χ0n) is 13.0. The van der Waals surface area contributed by atoms with Crippen molar-refractivity contribution in [3.63, 3.8) is 0 Å².